The van der Waals surface area contributed by atoms with Gasteiger partial charge in [0.1, 0.15) is 5.56 Å². The third-order valence-corrected chi connectivity index (χ3v) is 6.29. The van der Waals surface area contributed by atoms with Crippen LogP contribution in [0.1, 0.15) is 64.2 Å². The number of amides is 1. The zero-order chi connectivity index (χ0) is 24.9. The summed E-state index contributed by atoms with van der Waals surface area (Å²) in [5.41, 5.74) is 1.35. The van der Waals surface area contributed by atoms with Crippen molar-refractivity contribution in [2.45, 2.75) is 38.6 Å². The molecule has 4 rings (SSSR count). The predicted octanol–water partition coefficient (Wildman–Crippen LogP) is 4.43. The largest absolute Gasteiger partial charge is 0.466 e. The number of fused-ring (bicyclic) bond motifs is 1. The molecule has 180 valence electrons. The van der Waals surface area contributed by atoms with Crippen LogP contribution in [0.2, 0.25) is 5.02 Å². The molecule has 1 aliphatic carbocycles. The highest BCUT2D eigenvalue weighted by Crippen LogP contribution is 2.27. The Morgan fingerprint density at radius 1 is 1.06 bits per heavy atom. The van der Waals surface area contributed by atoms with Crippen LogP contribution in [0.15, 0.2) is 65.5 Å². The van der Waals surface area contributed by atoms with Crippen molar-refractivity contribution in [2.24, 2.45) is 0 Å². The zero-order valence-corrected chi connectivity index (χ0v) is 20.0. The average Bonchev–Trinajstić information content (AvgIpc) is 2.84. The molecule has 0 unspecified atom stereocenters. The van der Waals surface area contributed by atoms with Crippen molar-refractivity contribution in [3.63, 3.8) is 0 Å². The first-order valence-electron chi connectivity index (χ1n) is 11.5. The zero-order valence-electron chi connectivity index (χ0n) is 19.3. The van der Waals surface area contributed by atoms with Crippen LogP contribution in [-0.4, -0.2) is 28.8 Å². The van der Waals surface area contributed by atoms with Crippen LogP contribution in [0, 0.1) is 0 Å². The number of nitrogens with zero attached hydrogens (tertiary/aromatic N) is 1. The van der Waals surface area contributed by atoms with Crippen LogP contribution in [0.5, 0.6) is 0 Å². The number of hydrogen-bond donors (Lipinski definition) is 1. The van der Waals surface area contributed by atoms with E-state index in [1.165, 1.54) is 10.6 Å². The molecule has 0 aliphatic heterocycles. The van der Waals surface area contributed by atoms with E-state index in [2.05, 4.69) is 5.32 Å². The van der Waals surface area contributed by atoms with Crippen LogP contribution in [0.25, 0.3) is 5.69 Å². The fourth-order valence-corrected chi connectivity index (χ4v) is 4.59. The minimum atomic E-state index is -0.827. The van der Waals surface area contributed by atoms with Gasteiger partial charge < -0.3 is 10.1 Å². The van der Waals surface area contributed by atoms with Gasteiger partial charge in [-0.3, -0.25) is 23.7 Å². The van der Waals surface area contributed by atoms with Gasteiger partial charge in [0.2, 0.25) is 0 Å². The topological polar surface area (TPSA) is 94.5 Å². The molecule has 1 aromatic heterocycles. The molecule has 8 heteroatoms. The number of esters is 1. The average molecular weight is 493 g/mol. The van der Waals surface area contributed by atoms with E-state index in [0.29, 0.717) is 46.8 Å². The minimum absolute atomic E-state index is 0.112. The van der Waals surface area contributed by atoms with E-state index < -0.39 is 23.5 Å². The molecule has 1 atom stereocenters. The summed E-state index contributed by atoms with van der Waals surface area (Å²) in [5.74, 6) is -1.32. The Morgan fingerprint density at radius 3 is 2.49 bits per heavy atom. The number of rotatable bonds is 7. The maximum Gasteiger partial charge on any atom is 0.308 e. The first-order valence-corrected chi connectivity index (χ1v) is 11.9. The number of nitrogens with one attached hydrogen (secondary N) is 1. The number of aromatic nitrogens is 1. The second-order valence-corrected chi connectivity index (χ2v) is 8.64. The lowest BCUT2D eigenvalue weighted by Crippen LogP contribution is -2.38. The van der Waals surface area contributed by atoms with Crippen LogP contribution in [-0.2, 0) is 16.0 Å². The summed E-state index contributed by atoms with van der Waals surface area (Å²) < 4.78 is 6.51. The van der Waals surface area contributed by atoms with Gasteiger partial charge in [-0.25, -0.2) is 0 Å². The van der Waals surface area contributed by atoms with Gasteiger partial charge in [-0.1, -0.05) is 48.0 Å². The number of carbonyl (C=O) groups excluding carboxylic acids is 3. The van der Waals surface area contributed by atoms with E-state index in [-0.39, 0.29) is 24.4 Å². The number of ketones is 1. The molecule has 1 N–H and O–H groups in total. The minimum Gasteiger partial charge on any atom is -0.466 e. The fraction of sp³-hybridized carbons (Fsp3) is 0.259. The summed E-state index contributed by atoms with van der Waals surface area (Å²) in [7, 11) is 0. The molecule has 0 saturated heterocycles. The Balaban J connectivity index is 1.78. The van der Waals surface area contributed by atoms with E-state index in [0.717, 1.165) is 0 Å². The quantitative estimate of drug-likeness (QED) is 0.492. The molecular formula is C27H25ClN2O5. The first-order chi connectivity index (χ1) is 16.9. The van der Waals surface area contributed by atoms with E-state index >= 15 is 0 Å². The van der Waals surface area contributed by atoms with Gasteiger partial charge in [0.15, 0.2) is 5.78 Å². The Bertz CT molecular complexity index is 1330. The van der Waals surface area contributed by atoms with E-state index in [1.807, 2.05) is 6.07 Å². The summed E-state index contributed by atoms with van der Waals surface area (Å²) in [6, 6.07) is 16.3. The molecule has 0 radical (unpaired) electrons. The molecule has 2 aromatic carbocycles. The standard InChI is InChI=1S/C27H25ClN2O5/c1-2-35-25(32)16-22(18-11-6-7-12-21(18)28)29-26(33)20-15-19-23(13-8-14-24(19)31)30(27(20)34)17-9-4-3-5-10-17/h3-7,9-12,15,22H,2,8,13-14,16H2,1H3,(H,29,33)/t22-/m1/s1. The second kappa shape index (κ2) is 10.7. The van der Waals surface area contributed by atoms with E-state index in [1.54, 1.807) is 55.5 Å². The summed E-state index contributed by atoms with van der Waals surface area (Å²) in [5, 5.41) is 3.14. The molecule has 0 spiro atoms. The highest BCUT2D eigenvalue weighted by atomic mass is 35.5. The van der Waals surface area contributed by atoms with Crippen LogP contribution in [0.4, 0.5) is 0 Å². The number of hydrogen-bond acceptors (Lipinski definition) is 5. The van der Waals surface area contributed by atoms with E-state index in [4.69, 9.17) is 16.3 Å². The van der Waals surface area contributed by atoms with Gasteiger partial charge in [-0.15, -0.1) is 0 Å². The van der Waals surface area contributed by atoms with Gasteiger partial charge >= 0.3 is 5.97 Å². The van der Waals surface area contributed by atoms with Crippen molar-refractivity contribution in [1.29, 1.82) is 0 Å². The summed E-state index contributed by atoms with van der Waals surface area (Å²) in [4.78, 5) is 52.0. The third-order valence-electron chi connectivity index (χ3n) is 5.94. The maximum atomic E-state index is 13.6. The first kappa shape index (κ1) is 24.4. The Kier molecular flexibility index (Phi) is 7.46. The highest BCUT2D eigenvalue weighted by Gasteiger charge is 2.28. The molecule has 7 nitrogen and oxygen atoms in total. The van der Waals surface area contributed by atoms with Gasteiger partial charge in [-0.05, 0) is 49.6 Å². The van der Waals surface area contributed by atoms with Crippen molar-refractivity contribution >= 4 is 29.3 Å². The van der Waals surface area contributed by atoms with E-state index in [9.17, 15) is 19.2 Å². The number of benzene rings is 2. The lowest BCUT2D eigenvalue weighted by molar-refractivity contribution is -0.143. The van der Waals surface area contributed by atoms with Crippen molar-refractivity contribution in [1.82, 2.24) is 9.88 Å². The lowest BCUT2D eigenvalue weighted by Gasteiger charge is -2.23. The fourth-order valence-electron chi connectivity index (χ4n) is 4.32. The molecule has 0 saturated carbocycles. The number of Topliss-reactive ketones (excluding diaryl/α,β-unsaturated/α-hetero) is 1. The number of ether oxygens (including phenoxy) is 1. The smallest absolute Gasteiger partial charge is 0.308 e. The summed E-state index contributed by atoms with van der Waals surface area (Å²) in [6.45, 7) is 1.88. The molecule has 1 aliphatic rings. The predicted molar refractivity (Wildman–Crippen MR) is 132 cm³/mol. The number of para-hydroxylation sites is 1. The molecule has 0 fully saturated rings. The number of pyridine rings is 1. The van der Waals surface area contributed by atoms with Gasteiger partial charge in [0, 0.05) is 28.4 Å². The van der Waals surface area contributed by atoms with Crippen LogP contribution < -0.4 is 10.9 Å². The molecule has 1 heterocycles. The molecule has 0 bridgehead atoms. The Labute approximate surface area is 207 Å². The monoisotopic (exact) mass is 492 g/mol. The molecule has 3 aromatic rings. The molecule has 35 heavy (non-hydrogen) atoms. The van der Waals surface area contributed by atoms with Gasteiger partial charge in [-0.2, -0.15) is 0 Å². The highest BCUT2D eigenvalue weighted by molar-refractivity contribution is 6.31. The van der Waals surface area contributed by atoms with Crippen LogP contribution in [0.3, 0.4) is 0 Å². The Morgan fingerprint density at radius 2 is 1.77 bits per heavy atom. The van der Waals surface area contributed by atoms with Gasteiger partial charge in [0.05, 0.1) is 19.1 Å². The molecule has 1 amide bonds. The normalized spacial score (nSPS) is 13.6. The number of carbonyl (C=O) groups is 3. The second-order valence-electron chi connectivity index (χ2n) is 8.23. The summed E-state index contributed by atoms with van der Waals surface area (Å²) in [6.07, 6.45) is 1.38. The number of halogens is 1. The summed E-state index contributed by atoms with van der Waals surface area (Å²) >= 11 is 6.35. The third kappa shape index (κ3) is 5.20. The van der Waals surface area contributed by atoms with Crippen molar-refractivity contribution in [2.75, 3.05) is 6.61 Å². The Hall–Kier alpha value is -3.71. The maximum absolute atomic E-state index is 13.6. The lowest BCUT2D eigenvalue weighted by atomic mass is 9.92. The van der Waals surface area contributed by atoms with Crippen molar-refractivity contribution in [3.8, 4) is 5.69 Å². The van der Waals surface area contributed by atoms with Crippen molar-refractivity contribution in [3.05, 3.63) is 98.4 Å². The van der Waals surface area contributed by atoms with Gasteiger partial charge in [0.25, 0.3) is 11.5 Å². The SMILES string of the molecule is CCOC(=O)C[C@@H](NC(=O)c1cc2c(n(-c3ccccc3)c1=O)CCCC2=O)c1ccccc1Cl. The van der Waals surface area contributed by atoms with Crippen molar-refractivity contribution < 1.29 is 19.1 Å². The molecular weight excluding hydrogens is 468 g/mol. The van der Waals surface area contributed by atoms with Crippen LogP contribution >= 0.6 is 11.6 Å².